The fourth-order valence-corrected chi connectivity index (χ4v) is 2.04. The molecule has 20 heavy (non-hydrogen) atoms. The standard InChI is InChI=1S/C16H19NO3/c1-10(2)12-5-4-6-13(7-12)17-9-14-8-15(16(18)19)11(3)20-14/h4-8,10,17H,9H2,1-3H3,(H,18,19). The molecule has 0 spiro atoms. The van der Waals surface area contributed by atoms with Crippen LogP contribution in [0.3, 0.4) is 0 Å². The molecule has 1 aromatic carbocycles. The first-order valence-electron chi connectivity index (χ1n) is 6.64. The Hall–Kier alpha value is -2.23. The van der Waals surface area contributed by atoms with E-state index in [1.165, 1.54) is 5.56 Å². The number of hydrogen-bond acceptors (Lipinski definition) is 3. The van der Waals surface area contributed by atoms with Crippen molar-refractivity contribution in [2.45, 2.75) is 33.2 Å². The highest BCUT2D eigenvalue weighted by Gasteiger charge is 2.13. The minimum absolute atomic E-state index is 0.220. The van der Waals surface area contributed by atoms with Crippen molar-refractivity contribution in [1.29, 1.82) is 0 Å². The number of aromatic carboxylic acids is 1. The molecule has 0 aliphatic carbocycles. The first-order chi connectivity index (χ1) is 9.47. The Balaban J connectivity index is 2.07. The maximum atomic E-state index is 10.9. The third kappa shape index (κ3) is 3.20. The minimum Gasteiger partial charge on any atom is -0.478 e. The van der Waals surface area contributed by atoms with Gasteiger partial charge in [-0.05, 0) is 36.6 Å². The Morgan fingerprint density at radius 1 is 1.35 bits per heavy atom. The number of aryl methyl sites for hydroxylation is 1. The molecule has 2 rings (SSSR count). The van der Waals surface area contributed by atoms with E-state index in [-0.39, 0.29) is 5.56 Å². The van der Waals surface area contributed by atoms with Crippen molar-refractivity contribution in [3.8, 4) is 0 Å². The molecule has 2 aromatic rings. The first-order valence-corrected chi connectivity index (χ1v) is 6.64. The van der Waals surface area contributed by atoms with Crippen LogP contribution in [0, 0.1) is 6.92 Å². The molecule has 106 valence electrons. The van der Waals surface area contributed by atoms with Gasteiger partial charge in [0.2, 0.25) is 0 Å². The highest BCUT2D eigenvalue weighted by molar-refractivity contribution is 5.88. The summed E-state index contributed by atoms with van der Waals surface area (Å²) in [6, 6.07) is 9.75. The number of carboxylic acids is 1. The molecule has 0 amide bonds. The molecule has 1 heterocycles. The van der Waals surface area contributed by atoms with Gasteiger partial charge in [0.15, 0.2) is 0 Å². The van der Waals surface area contributed by atoms with E-state index in [1.807, 2.05) is 12.1 Å². The topological polar surface area (TPSA) is 62.5 Å². The number of carboxylic acid groups (broad SMARTS) is 1. The number of benzene rings is 1. The molecular weight excluding hydrogens is 254 g/mol. The number of rotatable bonds is 5. The van der Waals surface area contributed by atoms with Crippen molar-refractivity contribution >= 4 is 11.7 Å². The van der Waals surface area contributed by atoms with E-state index in [9.17, 15) is 4.79 Å². The van der Waals surface area contributed by atoms with Gasteiger partial charge in [0, 0.05) is 5.69 Å². The molecule has 0 radical (unpaired) electrons. The summed E-state index contributed by atoms with van der Waals surface area (Å²) in [6.45, 7) is 6.42. The molecule has 0 fully saturated rings. The van der Waals surface area contributed by atoms with Gasteiger partial charge in [-0.15, -0.1) is 0 Å². The Labute approximate surface area is 118 Å². The fraction of sp³-hybridized carbons (Fsp3) is 0.312. The highest BCUT2D eigenvalue weighted by atomic mass is 16.4. The molecule has 0 bridgehead atoms. The molecule has 0 saturated heterocycles. The van der Waals surface area contributed by atoms with Crippen molar-refractivity contribution in [2.24, 2.45) is 0 Å². The van der Waals surface area contributed by atoms with Gasteiger partial charge in [0.1, 0.15) is 17.1 Å². The quantitative estimate of drug-likeness (QED) is 0.863. The SMILES string of the molecule is Cc1oc(CNc2cccc(C(C)C)c2)cc1C(=O)O. The molecule has 0 saturated carbocycles. The summed E-state index contributed by atoms with van der Waals surface area (Å²) < 4.78 is 5.43. The third-order valence-electron chi connectivity index (χ3n) is 3.22. The van der Waals surface area contributed by atoms with Gasteiger partial charge in [0.25, 0.3) is 0 Å². The van der Waals surface area contributed by atoms with E-state index >= 15 is 0 Å². The average molecular weight is 273 g/mol. The molecule has 0 atom stereocenters. The van der Waals surface area contributed by atoms with Crippen LogP contribution in [0.1, 0.15) is 47.2 Å². The van der Waals surface area contributed by atoms with Crippen LogP contribution >= 0.6 is 0 Å². The monoisotopic (exact) mass is 273 g/mol. The predicted molar refractivity (Wildman–Crippen MR) is 78.3 cm³/mol. The fourth-order valence-electron chi connectivity index (χ4n) is 2.04. The van der Waals surface area contributed by atoms with Gasteiger partial charge in [-0.2, -0.15) is 0 Å². The summed E-state index contributed by atoms with van der Waals surface area (Å²) in [5.74, 6) is 0.570. The van der Waals surface area contributed by atoms with Crippen LogP contribution in [0.25, 0.3) is 0 Å². The average Bonchev–Trinajstić information content (AvgIpc) is 2.78. The first kappa shape index (κ1) is 14.2. The number of anilines is 1. The lowest BCUT2D eigenvalue weighted by Crippen LogP contribution is -1.99. The number of hydrogen-bond donors (Lipinski definition) is 2. The van der Waals surface area contributed by atoms with Crippen LogP contribution in [0.15, 0.2) is 34.7 Å². The van der Waals surface area contributed by atoms with Crippen LogP contribution in [-0.4, -0.2) is 11.1 Å². The van der Waals surface area contributed by atoms with Gasteiger partial charge in [-0.25, -0.2) is 4.79 Å². The minimum atomic E-state index is -0.959. The molecule has 0 aliphatic heterocycles. The summed E-state index contributed by atoms with van der Waals surface area (Å²) in [5, 5.41) is 12.2. The van der Waals surface area contributed by atoms with E-state index in [4.69, 9.17) is 9.52 Å². The van der Waals surface area contributed by atoms with Crippen LogP contribution in [0.5, 0.6) is 0 Å². The summed E-state index contributed by atoms with van der Waals surface area (Å²) in [6.07, 6.45) is 0. The molecule has 0 aliphatic rings. The zero-order chi connectivity index (χ0) is 14.7. The van der Waals surface area contributed by atoms with E-state index in [0.717, 1.165) is 5.69 Å². The second kappa shape index (κ2) is 5.82. The van der Waals surface area contributed by atoms with Crippen molar-refractivity contribution < 1.29 is 14.3 Å². The van der Waals surface area contributed by atoms with Crippen LogP contribution in [0.4, 0.5) is 5.69 Å². The van der Waals surface area contributed by atoms with Gasteiger partial charge in [-0.3, -0.25) is 0 Å². The number of nitrogens with one attached hydrogen (secondary N) is 1. The zero-order valence-electron chi connectivity index (χ0n) is 11.9. The molecular formula is C16H19NO3. The second-order valence-electron chi connectivity index (χ2n) is 5.12. The van der Waals surface area contributed by atoms with Gasteiger partial charge in [0.05, 0.1) is 6.54 Å². The highest BCUT2D eigenvalue weighted by Crippen LogP contribution is 2.20. The largest absolute Gasteiger partial charge is 0.478 e. The van der Waals surface area contributed by atoms with Crippen molar-refractivity contribution in [1.82, 2.24) is 0 Å². The normalized spacial score (nSPS) is 10.8. The van der Waals surface area contributed by atoms with E-state index in [2.05, 4.69) is 31.3 Å². The lowest BCUT2D eigenvalue weighted by Gasteiger charge is -2.09. The van der Waals surface area contributed by atoms with Gasteiger partial charge in [-0.1, -0.05) is 26.0 Å². The smallest absolute Gasteiger partial charge is 0.339 e. The number of carbonyl (C=O) groups is 1. The second-order valence-corrected chi connectivity index (χ2v) is 5.12. The van der Waals surface area contributed by atoms with E-state index < -0.39 is 5.97 Å². The van der Waals surface area contributed by atoms with Crippen LogP contribution in [-0.2, 0) is 6.54 Å². The third-order valence-corrected chi connectivity index (χ3v) is 3.22. The van der Waals surface area contributed by atoms with E-state index in [0.29, 0.717) is 24.0 Å². The van der Waals surface area contributed by atoms with Crippen molar-refractivity contribution in [3.63, 3.8) is 0 Å². The van der Waals surface area contributed by atoms with Crippen molar-refractivity contribution in [3.05, 3.63) is 53.0 Å². The molecule has 2 N–H and O–H groups in total. The summed E-state index contributed by atoms with van der Waals surface area (Å²) in [5.41, 5.74) is 2.48. The molecule has 4 heteroatoms. The Morgan fingerprint density at radius 3 is 2.70 bits per heavy atom. The summed E-state index contributed by atoms with van der Waals surface area (Å²) >= 11 is 0. The van der Waals surface area contributed by atoms with Gasteiger partial charge >= 0.3 is 5.97 Å². The molecule has 0 unspecified atom stereocenters. The Bertz CT molecular complexity index is 614. The lowest BCUT2D eigenvalue weighted by atomic mass is 10.0. The summed E-state index contributed by atoms with van der Waals surface area (Å²) in [4.78, 5) is 10.9. The molecule has 4 nitrogen and oxygen atoms in total. The Kier molecular flexibility index (Phi) is 4.13. The lowest BCUT2D eigenvalue weighted by molar-refractivity contribution is 0.0695. The Morgan fingerprint density at radius 2 is 2.10 bits per heavy atom. The predicted octanol–water partition coefficient (Wildman–Crippen LogP) is 4.02. The van der Waals surface area contributed by atoms with Gasteiger partial charge < -0.3 is 14.8 Å². The number of furan rings is 1. The molecule has 1 aromatic heterocycles. The summed E-state index contributed by atoms with van der Waals surface area (Å²) in [7, 11) is 0. The van der Waals surface area contributed by atoms with Crippen LogP contribution < -0.4 is 5.32 Å². The maximum Gasteiger partial charge on any atom is 0.339 e. The zero-order valence-corrected chi connectivity index (χ0v) is 11.9. The maximum absolute atomic E-state index is 10.9. The van der Waals surface area contributed by atoms with E-state index in [1.54, 1.807) is 13.0 Å². The van der Waals surface area contributed by atoms with Crippen molar-refractivity contribution in [2.75, 3.05) is 5.32 Å². The van der Waals surface area contributed by atoms with Crippen LogP contribution in [0.2, 0.25) is 0 Å².